The van der Waals surface area contributed by atoms with Gasteiger partial charge in [-0.05, 0) is 44.1 Å². The van der Waals surface area contributed by atoms with Crippen LogP contribution in [0.3, 0.4) is 0 Å². The van der Waals surface area contributed by atoms with Crippen molar-refractivity contribution >= 4 is 0 Å². The number of aryl methyl sites for hydroxylation is 1. The van der Waals surface area contributed by atoms with Crippen molar-refractivity contribution in [2.75, 3.05) is 0 Å². The van der Waals surface area contributed by atoms with E-state index in [9.17, 15) is 0 Å². The second-order valence-corrected chi connectivity index (χ2v) is 6.67. The Hall–Kier alpha value is -0.820. The summed E-state index contributed by atoms with van der Waals surface area (Å²) >= 11 is 0. The minimum atomic E-state index is 0.469. The zero-order valence-electron chi connectivity index (χ0n) is 12.9. The highest BCUT2D eigenvalue weighted by atomic mass is 14.9. The summed E-state index contributed by atoms with van der Waals surface area (Å²) < 4.78 is 0. The molecule has 0 heterocycles. The van der Waals surface area contributed by atoms with E-state index in [1.54, 1.807) is 0 Å². The maximum Gasteiger partial charge on any atom is 0.0294 e. The Balaban J connectivity index is 1.91. The van der Waals surface area contributed by atoms with Gasteiger partial charge in [0, 0.05) is 12.1 Å². The Morgan fingerprint density at radius 2 is 1.74 bits per heavy atom. The number of benzene rings is 1. The molecule has 0 aromatic heterocycles. The molecule has 0 radical (unpaired) electrons. The predicted octanol–water partition coefficient (Wildman–Crippen LogP) is 4.86. The molecular weight excluding hydrogens is 230 g/mol. The lowest BCUT2D eigenvalue weighted by Gasteiger charge is -2.34. The molecule has 1 nitrogen and oxygen atoms in total. The predicted molar refractivity (Wildman–Crippen MR) is 83.3 cm³/mol. The molecular formula is C18H29N. The van der Waals surface area contributed by atoms with Gasteiger partial charge in [0.15, 0.2) is 0 Å². The molecule has 1 aromatic rings. The van der Waals surface area contributed by atoms with Gasteiger partial charge in [0.05, 0.1) is 0 Å². The molecule has 2 unspecified atom stereocenters. The fraction of sp³-hybridized carbons (Fsp3) is 0.667. The van der Waals surface area contributed by atoms with Crippen LogP contribution in [-0.2, 0) is 0 Å². The van der Waals surface area contributed by atoms with E-state index < -0.39 is 0 Å². The molecule has 0 aliphatic heterocycles. The normalized spacial score (nSPS) is 25.5. The Morgan fingerprint density at radius 1 is 1.05 bits per heavy atom. The van der Waals surface area contributed by atoms with Gasteiger partial charge in [-0.1, -0.05) is 56.5 Å². The van der Waals surface area contributed by atoms with Crippen LogP contribution in [0, 0.1) is 18.8 Å². The average molecular weight is 259 g/mol. The molecule has 1 aliphatic rings. The van der Waals surface area contributed by atoms with Gasteiger partial charge in [-0.25, -0.2) is 0 Å². The maximum atomic E-state index is 3.84. The molecule has 0 amide bonds. The molecule has 19 heavy (non-hydrogen) atoms. The van der Waals surface area contributed by atoms with Crippen LogP contribution in [0.5, 0.6) is 0 Å². The van der Waals surface area contributed by atoms with Gasteiger partial charge >= 0.3 is 0 Å². The van der Waals surface area contributed by atoms with E-state index in [2.05, 4.69) is 57.3 Å². The molecule has 2 rings (SSSR count). The smallest absolute Gasteiger partial charge is 0.0294 e. The molecule has 1 N–H and O–H groups in total. The second-order valence-electron chi connectivity index (χ2n) is 6.67. The Labute approximate surface area is 118 Å². The van der Waals surface area contributed by atoms with E-state index in [4.69, 9.17) is 0 Å². The molecule has 1 fully saturated rings. The van der Waals surface area contributed by atoms with Crippen LogP contribution >= 0.6 is 0 Å². The molecule has 1 heteroatoms. The topological polar surface area (TPSA) is 12.0 Å². The van der Waals surface area contributed by atoms with Crippen molar-refractivity contribution in [3.05, 3.63) is 35.4 Å². The van der Waals surface area contributed by atoms with E-state index >= 15 is 0 Å². The number of nitrogens with one attached hydrogen (secondary N) is 1. The van der Waals surface area contributed by atoms with Crippen molar-refractivity contribution in [2.45, 2.75) is 65.5 Å². The Bertz CT molecular complexity index is 379. The highest BCUT2D eigenvalue weighted by Gasteiger charge is 2.25. The Kier molecular flexibility index (Phi) is 5.04. The molecule has 1 aliphatic carbocycles. The average Bonchev–Trinajstić information content (AvgIpc) is 2.39. The number of rotatable bonds is 4. The zero-order chi connectivity index (χ0) is 13.8. The third-order valence-electron chi connectivity index (χ3n) is 4.72. The van der Waals surface area contributed by atoms with Gasteiger partial charge in [0.2, 0.25) is 0 Å². The van der Waals surface area contributed by atoms with E-state index in [0.717, 1.165) is 11.8 Å². The fourth-order valence-electron chi connectivity index (χ4n) is 3.29. The van der Waals surface area contributed by atoms with Crippen LogP contribution < -0.4 is 5.32 Å². The fourth-order valence-corrected chi connectivity index (χ4v) is 3.29. The standard InChI is InChI=1S/C18H29N/c1-13(2)17-6-5-7-18(12-17)19-15(4)16-10-8-14(3)9-11-16/h8-11,13,15,17-19H,5-7,12H2,1-4H3/t15-,17?,18?/m1/s1. The van der Waals surface area contributed by atoms with E-state index in [1.165, 1.54) is 36.8 Å². The van der Waals surface area contributed by atoms with Crippen molar-refractivity contribution in [1.29, 1.82) is 0 Å². The van der Waals surface area contributed by atoms with E-state index in [1.807, 2.05) is 0 Å². The second kappa shape index (κ2) is 6.56. The van der Waals surface area contributed by atoms with Crippen LogP contribution in [0.2, 0.25) is 0 Å². The van der Waals surface area contributed by atoms with Gasteiger partial charge in [0.25, 0.3) is 0 Å². The lowest BCUT2D eigenvalue weighted by Crippen LogP contribution is -2.37. The minimum Gasteiger partial charge on any atom is -0.307 e. The van der Waals surface area contributed by atoms with Gasteiger partial charge in [-0.2, -0.15) is 0 Å². The third-order valence-corrected chi connectivity index (χ3v) is 4.72. The largest absolute Gasteiger partial charge is 0.307 e. The summed E-state index contributed by atoms with van der Waals surface area (Å²) in [6.45, 7) is 9.19. The minimum absolute atomic E-state index is 0.469. The third kappa shape index (κ3) is 4.07. The first-order valence-corrected chi connectivity index (χ1v) is 7.89. The summed E-state index contributed by atoms with van der Waals surface area (Å²) in [4.78, 5) is 0. The Morgan fingerprint density at radius 3 is 2.37 bits per heavy atom. The molecule has 0 saturated heterocycles. The van der Waals surface area contributed by atoms with Crippen molar-refractivity contribution in [3.63, 3.8) is 0 Å². The quantitative estimate of drug-likeness (QED) is 0.814. The summed E-state index contributed by atoms with van der Waals surface area (Å²) in [6, 6.07) is 10.1. The summed E-state index contributed by atoms with van der Waals surface area (Å²) in [6.07, 6.45) is 5.52. The maximum absolute atomic E-state index is 3.84. The van der Waals surface area contributed by atoms with Crippen molar-refractivity contribution in [3.8, 4) is 0 Å². The van der Waals surface area contributed by atoms with Gasteiger partial charge in [0.1, 0.15) is 0 Å². The molecule has 0 bridgehead atoms. The molecule has 3 atom stereocenters. The van der Waals surface area contributed by atoms with Crippen molar-refractivity contribution < 1.29 is 0 Å². The number of hydrogen-bond acceptors (Lipinski definition) is 1. The lowest BCUT2D eigenvalue weighted by molar-refractivity contribution is 0.223. The first kappa shape index (κ1) is 14.6. The lowest BCUT2D eigenvalue weighted by atomic mass is 9.79. The molecule has 1 aromatic carbocycles. The SMILES string of the molecule is Cc1ccc([C@@H](C)NC2CCCC(C(C)C)C2)cc1. The van der Waals surface area contributed by atoms with Crippen LogP contribution in [-0.4, -0.2) is 6.04 Å². The highest BCUT2D eigenvalue weighted by molar-refractivity contribution is 5.23. The van der Waals surface area contributed by atoms with E-state index in [-0.39, 0.29) is 0 Å². The van der Waals surface area contributed by atoms with Crippen LogP contribution in [0.1, 0.15) is 63.6 Å². The van der Waals surface area contributed by atoms with E-state index in [0.29, 0.717) is 12.1 Å². The van der Waals surface area contributed by atoms with Crippen LogP contribution in [0.15, 0.2) is 24.3 Å². The zero-order valence-corrected chi connectivity index (χ0v) is 12.9. The van der Waals surface area contributed by atoms with Crippen molar-refractivity contribution in [2.24, 2.45) is 11.8 Å². The van der Waals surface area contributed by atoms with Crippen molar-refractivity contribution in [1.82, 2.24) is 5.32 Å². The highest BCUT2D eigenvalue weighted by Crippen LogP contribution is 2.31. The van der Waals surface area contributed by atoms with Gasteiger partial charge in [-0.15, -0.1) is 0 Å². The monoisotopic (exact) mass is 259 g/mol. The number of hydrogen-bond donors (Lipinski definition) is 1. The summed E-state index contributed by atoms with van der Waals surface area (Å²) in [5.41, 5.74) is 2.76. The van der Waals surface area contributed by atoms with Gasteiger partial charge in [-0.3, -0.25) is 0 Å². The molecule has 0 spiro atoms. The first-order valence-electron chi connectivity index (χ1n) is 7.89. The summed E-state index contributed by atoms with van der Waals surface area (Å²) in [7, 11) is 0. The van der Waals surface area contributed by atoms with Gasteiger partial charge < -0.3 is 5.32 Å². The first-order chi connectivity index (χ1) is 9.06. The van der Waals surface area contributed by atoms with Crippen LogP contribution in [0.25, 0.3) is 0 Å². The molecule has 1 saturated carbocycles. The summed E-state index contributed by atoms with van der Waals surface area (Å²) in [5, 5.41) is 3.84. The molecule has 106 valence electrons. The summed E-state index contributed by atoms with van der Waals surface area (Å²) in [5.74, 6) is 1.75. The van der Waals surface area contributed by atoms with Crippen LogP contribution in [0.4, 0.5) is 0 Å².